The molecule has 3 heterocycles. The van der Waals surface area contributed by atoms with Gasteiger partial charge in [0.2, 0.25) is 0 Å². The summed E-state index contributed by atoms with van der Waals surface area (Å²) in [5, 5.41) is 13.3. The minimum absolute atomic E-state index is 0.174. The Labute approximate surface area is 142 Å². The van der Waals surface area contributed by atoms with E-state index < -0.39 is 0 Å². The van der Waals surface area contributed by atoms with E-state index in [0.717, 1.165) is 50.1 Å². The minimum atomic E-state index is 0.174. The van der Waals surface area contributed by atoms with E-state index in [-0.39, 0.29) is 6.10 Å². The molecule has 2 aliphatic rings. The van der Waals surface area contributed by atoms with E-state index in [1.165, 1.54) is 18.5 Å². The van der Waals surface area contributed by atoms with Gasteiger partial charge >= 0.3 is 0 Å². The summed E-state index contributed by atoms with van der Waals surface area (Å²) in [6.45, 7) is 8.39. The van der Waals surface area contributed by atoms with Crippen LogP contribution in [0.1, 0.15) is 41.8 Å². The number of morpholine rings is 1. The SMILES string of the molecule is Cc1cc(C)n(C[C@H]2CN(Cc3nnc(C4CC4)n3C)CCO2)n1. The molecular formula is C17H26N6O. The zero-order chi connectivity index (χ0) is 16.7. The molecule has 1 aliphatic carbocycles. The van der Waals surface area contributed by atoms with Gasteiger partial charge in [0.25, 0.3) is 0 Å². The number of hydrogen-bond donors (Lipinski definition) is 0. The lowest BCUT2D eigenvalue weighted by atomic mass is 10.2. The summed E-state index contributed by atoms with van der Waals surface area (Å²) in [4.78, 5) is 2.42. The number of hydrogen-bond acceptors (Lipinski definition) is 5. The van der Waals surface area contributed by atoms with Crippen LogP contribution in [0.25, 0.3) is 0 Å². The summed E-state index contributed by atoms with van der Waals surface area (Å²) in [7, 11) is 2.09. The lowest BCUT2D eigenvalue weighted by Crippen LogP contribution is -2.44. The molecule has 0 amide bonds. The molecule has 0 spiro atoms. The Morgan fingerprint density at radius 3 is 2.79 bits per heavy atom. The molecule has 2 aromatic heterocycles. The first kappa shape index (κ1) is 15.8. The Morgan fingerprint density at radius 1 is 1.25 bits per heavy atom. The Morgan fingerprint density at radius 2 is 2.08 bits per heavy atom. The predicted molar refractivity (Wildman–Crippen MR) is 89.7 cm³/mol. The number of aromatic nitrogens is 5. The molecule has 0 N–H and O–H groups in total. The third-order valence-electron chi connectivity index (χ3n) is 5.01. The van der Waals surface area contributed by atoms with Gasteiger partial charge in [-0.05, 0) is 32.8 Å². The summed E-state index contributed by atoms with van der Waals surface area (Å²) in [5.41, 5.74) is 2.25. The molecule has 1 saturated heterocycles. The highest BCUT2D eigenvalue weighted by molar-refractivity contribution is 5.08. The highest BCUT2D eigenvalue weighted by atomic mass is 16.5. The van der Waals surface area contributed by atoms with Gasteiger partial charge in [-0.25, -0.2) is 0 Å². The lowest BCUT2D eigenvalue weighted by molar-refractivity contribution is -0.0414. The van der Waals surface area contributed by atoms with Crippen molar-refractivity contribution in [3.05, 3.63) is 29.1 Å². The van der Waals surface area contributed by atoms with E-state index in [0.29, 0.717) is 5.92 Å². The second-order valence-electron chi connectivity index (χ2n) is 7.14. The quantitative estimate of drug-likeness (QED) is 0.829. The molecule has 1 atom stereocenters. The van der Waals surface area contributed by atoms with Crippen LogP contribution >= 0.6 is 0 Å². The van der Waals surface area contributed by atoms with Crippen LogP contribution in [-0.4, -0.2) is 55.2 Å². The summed E-state index contributed by atoms with van der Waals surface area (Å²) in [6, 6.07) is 2.11. The third-order valence-corrected chi connectivity index (χ3v) is 5.01. The zero-order valence-electron chi connectivity index (χ0n) is 14.8. The number of nitrogens with zero attached hydrogens (tertiary/aromatic N) is 6. The fourth-order valence-electron chi connectivity index (χ4n) is 3.50. The van der Waals surface area contributed by atoms with Crippen LogP contribution in [-0.2, 0) is 24.9 Å². The lowest BCUT2D eigenvalue weighted by Gasteiger charge is -2.32. The molecule has 1 saturated carbocycles. The van der Waals surface area contributed by atoms with Crippen LogP contribution in [0, 0.1) is 13.8 Å². The monoisotopic (exact) mass is 330 g/mol. The first-order valence-corrected chi connectivity index (χ1v) is 8.83. The molecule has 7 heteroatoms. The van der Waals surface area contributed by atoms with Crippen LogP contribution in [0.3, 0.4) is 0 Å². The molecule has 4 rings (SSSR count). The van der Waals surface area contributed by atoms with Gasteiger partial charge in [0.05, 0.1) is 31.5 Å². The molecule has 0 unspecified atom stereocenters. The highest BCUT2D eigenvalue weighted by Crippen LogP contribution is 2.38. The molecule has 7 nitrogen and oxygen atoms in total. The maximum absolute atomic E-state index is 5.95. The standard InChI is InChI=1S/C17H26N6O/c1-12-8-13(2)23(20-12)10-15-9-22(6-7-24-15)11-16-18-19-17(21(16)3)14-4-5-14/h8,14-15H,4-7,9-11H2,1-3H3/t15-/m1/s1. The Bertz CT molecular complexity index is 717. The molecule has 24 heavy (non-hydrogen) atoms. The molecular weight excluding hydrogens is 304 g/mol. The first-order chi connectivity index (χ1) is 11.6. The van der Waals surface area contributed by atoms with E-state index in [1.807, 2.05) is 6.92 Å². The predicted octanol–water partition coefficient (Wildman–Crippen LogP) is 1.41. The van der Waals surface area contributed by atoms with Crippen molar-refractivity contribution < 1.29 is 4.74 Å². The molecule has 0 radical (unpaired) electrons. The summed E-state index contributed by atoms with van der Waals surface area (Å²) in [5.74, 6) is 2.85. The second kappa shape index (κ2) is 6.29. The van der Waals surface area contributed by atoms with Gasteiger partial charge in [0, 0.05) is 31.7 Å². The van der Waals surface area contributed by atoms with Gasteiger partial charge < -0.3 is 9.30 Å². The van der Waals surface area contributed by atoms with Crippen LogP contribution < -0.4 is 0 Å². The largest absolute Gasteiger partial charge is 0.374 e. The Kier molecular flexibility index (Phi) is 4.14. The summed E-state index contributed by atoms with van der Waals surface area (Å²) in [6.07, 6.45) is 2.69. The highest BCUT2D eigenvalue weighted by Gasteiger charge is 2.30. The fourth-order valence-corrected chi connectivity index (χ4v) is 3.50. The minimum Gasteiger partial charge on any atom is -0.374 e. The number of aryl methyl sites for hydroxylation is 2. The maximum atomic E-state index is 5.95. The summed E-state index contributed by atoms with van der Waals surface area (Å²) >= 11 is 0. The van der Waals surface area contributed by atoms with Gasteiger partial charge in [-0.3, -0.25) is 9.58 Å². The van der Waals surface area contributed by atoms with Crippen molar-refractivity contribution in [2.45, 2.75) is 51.8 Å². The smallest absolute Gasteiger partial charge is 0.146 e. The van der Waals surface area contributed by atoms with Crippen molar-refractivity contribution in [2.75, 3.05) is 19.7 Å². The normalized spacial score (nSPS) is 22.2. The Hall–Kier alpha value is -1.73. The molecule has 2 fully saturated rings. The molecule has 1 aliphatic heterocycles. The zero-order valence-corrected chi connectivity index (χ0v) is 14.8. The molecule has 130 valence electrons. The van der Waals surface area contributed by atoms with Crippen LogP contribution in [0.4, 0.5) is 0 Å². The van der Waals surface area contributed by atoms with E-state index in [9.17, 15) is 0 Å². The molecule has 2 aromatic rings. The third kappa shape index (κ3) is 3.23. The topological polar surface area (TPSA) is 61.0 Å². The van der Waals surface area contributed by atoms with Crippen LogP contribution in [0.5, 0.6) is 0 Å². The first-order valence-electron chi connectivity index (χ1n) is 8.83. The number of ether oxygens (including phenoxy) is 1. The van der Waals surface area contributed by atoms with Crippen molar-refractivity contribution in [3.63, 3.8) is 0 Å². The molecule has 0 bridgehead atoms. The van der Waals surface area contributed by atoms with Gasteiger partial charge in [-0.15, -0.1) is 10.2 Å². The van der Waals surface area contributed by atoms with Gasteiger partial charge in [-0.1, -0.05) is 0 Å². The van der Waals surface area contributed by atoms with Crippen LogP contribution in [0.15, 0.2) is 6.07 Å². The van der Waals surface area contributed by atoms with E-state index >= 15 is 0 Å². The number of rotatable bonds is 5. The van der Waals surface area contributed by atoms with Crippen molar-refractivity contribution in [1.29, 1.82) is 0 Å². The summed E-state index contributed by atoms with van der Waals surface area (Å²) < 4.78 is 10.2. The van der Waals surface area contributed by atoms with Crippen molar-refractivity contribution in [2.24, 2.45) is 7.05 Å². The van der Waals surface area contributed by atoms with Crippen LogP contribution in [0.2, 0.25) is 0 Å². The fraction of sp³-hybridized carbons (Fsp3) is 0.706. The van der Waals surface area contributed by atoms with Crippen molar-refractivity contribution in [3.8, 4) is 0 Å². The van der Waals surface area contributed by atoms with E-state index in [2.05, 4.69) is 49.5 Å². The van der Waals surface area contributed by atoms with Gasteiger partial charge in [0.15, 0.2) is 0 Å². The van der Waals surface area contributed by atoms with E-state index in [4.69, 9.17) is 4.74 Å². The van der Waals surface area contributed by atoms with Crippen molar-refractivity contribution in [1.82, 2.24) is 29.4 Å². The van der Waals surface area contributed by atoms with E-state index in [1.54, 1.807) is 0 Å². The average molecular weight is 330 g/mol. The maximum Gasteiger partial charge on any atom is 0.146 e. The second-order valence-corrected chi connectivity index (χ2v) is 7.14. The molecule has 0 aromatic carbocycles. The average Bonchev–Trinajstić information content (AvgIpc) is 3.25. The van der Waals surface area contributed by atoms with Gasteiger partial charge in [-0.2, -0.15) is 5.10 Å². The van der Waals surface area contributed by atoms with Crippen molar-refractivity contribution >= 4 is 0 Å². The van der Waals surface area contributed by atoms with Gasteiger partial charge in [0.1, 0.15) is 11.6 Å². The Balaban J connectivity index is 1.39.